The van der Waals surface area contributed by atoms with E-state index in [4.69, 9.17) is 19.7 Å². The van der Waals surface area contributed by atoms with Gasteiger partial charge in [-0.25, -0.2) is 0 Å². The van der Waals surface area contributed by atoms with Crippen molar-refractivity contribution in [3.8, 4) is 5.75 Å². The van der Waals surface area contributed by atoms with Crippen LogP contribution in [0.25, 0.3) is 0 Å². The van der Waals surface area contributed by atoms with E-state index in [2.05, 4.69) is 0 Å². The number of hydrogen-bond acceptors (Lipinski definition) is 6. The predicted octanol–water partition coefficient (Wildman–Crippen LogP) is -0.713. The fraction of sp³-hybridized carbons (Fsp3) is 0.538. The number of hydrogen-bond donors (Lipinski definition) is 4. The minimum Gasteiger partial charge on any atom is -0.497 e. The van der Waals surface area contributed by atoms with Crippen molar-refractivity contribution in [1.82, 2.24) is 0 Å². The molecule has 0 saturated carbocycles. The third-order valence-corrected chi connectivity index (χ3v) is 2.69. The van der Waals surface area contributed by atoms with E-state index >= 15 is 0 Å². The second-order valence-electron chi connectivity index (χ2n) is 4.17. The Morgan fingerprint density at radius 2 is 1.68 bits per heavy atom. The highest BCUT2D eigenvalue weighted by molar-refractivity contribution is 5.26. The summed E-state index contributed by atoms with van der Waals surface area (Å²) >= 11 is 0. The normalized spacial score (nSPS) is 15.8. The second-order valence-corrected chi connectivity index (χ2v) is 4.17. The molecule has 0 aromatic heterocycles. The van der Waals surface area contributed by atoms with Gasteiger partial charge in [-0.3, -0.25) is 0 Å². The fourth-order valence-electron chi connectivity index (χ4n) is 1.48. The molecule has 0 radical (unpaired) electrons. The molecule has 19 heavy (non-hydrogen) atoms. The van der Waals surface area contributed by atoms with Crippen LogP contribution in [0.1, 0.15) is 5.56 Å². The Labute approximate surface area is 111 Å². The van der Waals surface area contributed by atoms with E-state index in [0.717, 1.165) is 11.3 Å². The number of rotatable bonds is 8. The lowest BCUT2D eigenvalue weighted by Crippen LogP contribution is -2.41. The molecule has 0 amide bonds. The van der Waals surface area contributed by atoms with Crippen molar-refractivity contribution in [2.45, 2.75) is 24.9 Å². The highest BCUT2D eigenvalue weighted by atomic mass is 16.5. The SMILES string of the molecule is COc1ccc(COC[C@H](O)[C@@H](O)[C@H](O)CO)cc1. The van der Waals surface area contributed by atoms with Gasteiger partial charge in [-0.2, -0.15) is 0 Å². The molecule has 0 fully saturated rings. The molecule has 0 unspecified atom stereocenters. The Bertz CT molecular complexity index is 353. The lowest BCUT2D eigenvalue weighted by Gasteiger charge is -2.21. The van der Waals surface area contributed by atoms with Gasteiger partial charge in [0.2, 0.25) is 0 Å². The summed E-state index contributed by atoms with van der Waals surface area (Å²) in [7, 11) is 1.58. The molecule has 1 rings (SSSR count). The Kier molecular flexibility index (Phi) is 6.75. The Balaban J connectivity index is 2.32. The van der Waals surface area contributed by atoms with Crippen LogP contribution < -0.4 is 4.74 Å². The topological polar surface area (TPSA) is 99.4 Å². The van der Waals surface area contributed by atoms with Crippen LogP contribution in [0.3, 0.4) is 0 Å². The van der Waals surface area contributed by atoms with E-state index < -0.39 is 24.9 Å². The van der Waals surface area contributed by atoms with Crippen molar-refractivity contribution in [3.05, 3.63) is 29.8 Å². The van der Waals surface area contributed by atoms with Gasteiger partial charge in [0.05, 0.1) is 26.9 Å². The fourth-order valence-corrected chi connectivity index (χ4v) is 1.48. The molecular weight excluding hydrogens is 252 g/mol. The molecule has 6 heteroatoms. The van der Waals surface area contributed by atoms with Crippen LogP contribution in [0.15, 0.2) is 24.3 Å². The number of methoxy groups -OCH3 is 1. The van der Waals surface area contributed by atoms with Crippen molar-refractivity contribution in [2.24, 2.45) is 0 Å². The molecule has 0 saturated heterocycles. The van der Waals surface area contributed by atoms with Gasteiger partial charge in [0.25, 0.3) is 0 Å². The minimum absolute atomic E-state index is 0.135. The summed E-state index contributed by atoms with van der Waals surface area (Å²) in [6.45, 7) is -0.482. The van der Waals surface area contributed by atoms with Gasteiger partial charge in [0, 0.05) is 0 Å². The maximum absolute atomic E-state index is 9.51. The number of ether oxygens (including phenoxy) is 2. The van der Waals surface area contributed by atoms with Gasteiger partial charge in [-0.1, -0.05) is 12.1 Å². The average Bonchev–Trinajstić information content (AvgIpc) is 2.46. The first-order valence-electron chi connectivity index (χ1n) is 5.94. The molecule has 0 aliphatic carbocycles. The van der Waals surface area contributed by atoms with Gasteiger partial charge < -0.3 is 29.9 Å². The predicted molar refractivity (Wildman–Crippen MR) is 67.8 cm³/mol. The zero-order valence-corrected chi connectivity index (χ0v) is 10.8. The molecule has 1 aromatic carbocycles. The summed E-state index contributed by atoms with van der Waals surface area (Å²) in [5.41, 5.74) is 0.894. The van der Waals surface area contributed by atoms with E-state index in [1.54, 1.807) is 19.2 Å². The molecule has 0 aliphatic rings. The molecule has 0 spiro atoms. The van der Waals surface area contributed by atoms with Crippen LogP contribution in [0.4, 0.5) is 0 Å². The number of aliphatic hydroxyl groups excluding tert-OH is 4. The van der Waals surface area contributed by atoms with E-state index in [1.807, 2.05) is 12.1 Å². The van der Waals surface area contributed by atoms with Crippen LogP contribution in [-0.2, 0) is 11.3 Å². The van der Waals surface area contributed by atoms with Crippen LogP contribution in [0.5, 0.6) is 5.75 Å². The molecule has 3 atom stereocenters. The summed E-state index contributed by atoms with van der Waals surface area (Å²) < 4.78 is 10.2. The first-order valence-corrected chi connectivity index (χ1v) is 5.94. The zero-order valence-electron chi connectivity index (χ0n) is 10.8. The minimum atomic E-state index is -1.43. The van der Waals surface area contributed by atoms with Crippen molar-refractivity contribution < 1.29 is 29.9 Å². The summed E-state index contributed by atoms with van der Waals surface area (Å²) in [6, 6.07) is 7.23. The smallest absolute Gasteiger partial charge is 0.118 e. The van der Waals surface area contributed by atoms with E-state index in [-0.39, 0.29) is 13.2 Å². The largest absolute Gasteiger partial charge is 0.497 e. The maximum Gasteiger partial charge on any atom is 0.118 e. The van der Waals surface area contributed by atoms with Crippen molar-refractivity contribution in [1.29, 1.82) is 0 Å². The summed E-state index contributed by atoms with van der Waals surface area (Å²) in [4.78, 5) is 0. The molecule has 6 nitrogen and oxygen atoms in total. The summed E-state index contributed by atoms with van der Waals surface area (Å²) in [6.07, 6.45) is -4.05. The van der Waals surface area contributed by atoms with Crippen molar-refractivity contribution in [3.63, 3.8) is 0 Å². The summed E-state index contributed by atoms with van der Waals surface area (Å²) in [5, 5.41) is 36.7. The number of aliphatic hydroxyl groups is 4. The van der Waals surface area contributed by atoms with Gasteiger partial charge in [-0.15, -0.1) is 0 Å². The van der Waals surface area contributed by atoms with Gasteiger partial charge in [0.1, 0.15) is 24.1 Å². The third-order valence-electron chi connectivity index (χ3n) is 2.69. The number of benzene rings is 1. The monoisotopic (exact) mass is 272 g/mol. The van der Waals surface area contributed by atoms with Crippen molar-refractivity contribution in [2.75, 3.05) is 20.3 Å². The van der Waals surface area contributed by atoms with E-state index in [1.165, 1.54) is 0 Å². The zero-order chi connectivity index (χ0) is 14.3. The lowest BCUT2D eigenvalue weighted by atomic mass is 10.1. The third kappa shape index (κ3) is 5.14. The Morgan fingerprint density at radius 3 is 2.21 bits per heavy atom. The maximum atomic E-state index is 9.51. The average molecular weight is 272 g/mol. The van der Waals surface area contributed by atoms with Gasteiger partial charge in [-0.05, 0) is 17.7 Å². The van der Waals surface area contributed by atoms with Crippen LogP contribution in [0.2, 0.25) is 0 Å². The highest BCUT2D eigenvalue weighted by Gasteiger charge is 2.23. The quantitative estimate of drug-likeness (QED) is 0.499. The standard InChI is InChI=1S/C13H20O6/c1-18-10-4-2-9(3-5-10)7-19-8-12(16)13(17)11(15)6-14/h2-5,11-17H,6-8H2,1H3/t11-,12+,13+/m1/s1. The molecule has 108 valence electrons. The first kappa shape index (κ1) is 15.9. The van der Waals surface area contributed by atoms with Crippen molar-refractivity contribution >= 4 is 0 Å². The summed E-state index contributed by atoms with van der Waals surface area (Å²) in [5.74, 6) is 0.741. The molecule has 0 bridgehead atoms. The van der Waals surface area contributed by atoms with E-state index in [0.29, 0.717) is 0 Å². The first-order chi connectivity index (χ1) is 9.08. The molecule has 0 aliphatic heterocycles. The Morgan fingerprint density at radius 1 is 1.05 bits per heavy atom. The van der Waals surface area contributed by atoms with Gasteiger partial charge >= 0.3 is 0 Å². The molecule has 1 aromatic rings. The lowest BCUT2D eigenvalue weighted by molar-refractivity contribution is -0.101. The highest BCUT2D eigenvalue weighted by Crippen LogP contribution is 2.12. The molecular formula is C13H20O6. The Hall–Kier alpha value is -1.18. The molecule has 0 heterocycles. The molecule has 4 N–H and O–H groups in total. The van der Waals surface area contributed by atoms with Crippen LogP contribution in [-0.4, -0.2) is 59.1 Å². The van der Waals surface area contributed by atoms with Crippen LogP contribution in [0, 0.1) is 0 Å². The van der Waals surface area contributed by atoms with Gasteiger partial charge in [0.15, 0.2) is 0 Å². The van der Waals surface area contributed by atoms with Crippen LogP contribution >= 0.6 is 0 Å². The second kappa shape index (κ2) is 8.08. The van der Waals surface area contributed by atoms with E-state index in [9.17, 15) is 10.2 Å².